The number of ether oxygens (including phenoxy) is 1. The molecule has 0 radical (unpaired) electrons. The Balaban J connectivity index is 1.31. The van der Waals surface area contributed by atoms with E-state index < -0.39 is 5.91 Å². The van der Waals surface area contributed by atoms with Crippen LogP contribution >= 0.6 is 11.3 Å². The molecule has 0 unspecified atom stereocenters. The van der Waals surface area contributed by atoms with E-state index in [0.29, 0.717) is 29.6 Å². The van der Waals surface area contributed by atoms with Crippen LogP contribution in [0.25, 0.3) is 10.7 Å². The molecule has 8 nitrogen and oxygen atoms in total. The highest BCUT2D eigenvalue weighted by Gasteiger charge is 2.09. The number of carbonyl (C=O) groups is 2. The summed E-state index contributed by atoms with van der Waals surface area (Å²) in [7, 11) is 0. The molecule has 0 bridgehead atoms. The van der Waals surface area contributed by atoms with Crippen molar-refractivity contribution < 1.29 is 18.8 Å². The molecule has 2 amide bonds. The first-order valence-electron chi connectivity index (χ1n) is 9.27. The van der Waals surface area contributed by atoms with Crippen LogP contribution in [-0.2, 0) is 11.2 Å². The van der Waals surface area contributed by atoms with Gasteiger partial charge in [0.1, 0.15) is 5.75 Å². The van der Waals surface area contributed by atoms with Crippen molar-refractivity contribution in [3.8, 4) is 16.5 Å². The molecule has 0 spiro atoms. The Bertz CT molecular complexity index is 922. The number of carbonyl (C=O) groups excluding carboxylic acids is 2. The number of rotatable bonds is 11. The van der Waals surface area contributed by atoms with Crippen molar-refractivity contribution in [1.29, 1.82) is 0 Å². The number of thiophene rings is 1. The van der Waals surface area contributed by atoms with Gasteiger partial charge in [-0.3, -0.25) is 9.59 Å². The van der Waals surface area contributed by atoms with Gasteiger partial charge in [0, 0.05) is 18.5 Å². The lowest BCUT2D eigenvalue weighted by Gasteiger charge is -2.07. The van der Waals surface area contributed by atoms with Crippen LogP contribution in [0.2, 0.25) is 0 Å². The number of hydrogen-bond donors (Lipinski definition) is 2. The van der Waals surface area contributed by atoms with Crippen molar-refractivity contribution in [2.24, 2.45) is 5.73 Å². The molecule has 9 heteroatoms. The Morgan fingerprint density at radius 2 is 1.97 bits per heavy atom. The van der Waals surface area contributed by atoms with E-state index >= 15 is 0 Å². The molecule has 0 aliphatic carbocycles. The van der Waals surface area contributed by atoms with Gasteiger partial charge in [0.15, 0.2) is 6.61 Å². The van der Waals surface area contributed by atoms with Crippen molar-refractivity contribution in [1.82, 2.24) is 15.5 Å². The lowest BCUT2D eigenvalue weighted by molar-refractivity contribution is -0.119. The van der Waals surface area contributed by atoms with E-state index in [1.54, 1.807) is 35.6 Å². The van der Waals surface area contributed by atoms with Gasteiger partial charge in [-0.05, 0) is 48.6 Å². The number of nitrogens with two attached hydrogens (primary N) is 1. The molecular weight excluding hydrogens is 392 g/mol. The van der Waals surface area contributed by atoms with Gasteiger partial charge in [-0.25, -0.2) is 0 Å². The van der Waals surface area contributed by atoms with Gasteiger partial charge in [0.05, 0.1) is 4.88 Å². The minimum absolute atomic E-state index is 0.149. The zero-order chi connectivity index (χ0) is 20.5. The first kappa shape index (κ1) is 20.5. The predicted octanol–water partition coefficient (Wildman–Crippen LogP) is 2.81. The van der Waals surface area contributed by atoms with Gasteiger partial charge >= 0.3 is 0 Å². The number of benzene rings is 1. The second-order valence-corrected chi connectivity index (χ2v) is 7.28. The lowest BCUT2D eigenvalue weighted by atomic mass is 10.1. The number of unbranched alkanes of at least 4 members (excludes halogenated alkanes) is 2. The molecule has 3 N–H and O–H groups in total. The Kier molecular flexibility index (Phi) is 7.34. The summed E-state index contributed by atoms with van der Waals surface area (Å²) in [4.78, 5) is 28.2. The fourth-order valence-electron chi connectivity index (χ4n) is 2.60. The third-order valence-corrected chi connectivity index (χ3v) is 4.93. The highest BCUT2D eigenvalue weighted by atomic mass is 32.1. The average Bonchev–Trinajstić information content (AvgIpc) is 3.41. The molecule has 0 atom stereocenters. The van der Waals surface area contributed by atoms with Crippen LogP contribution in [0.3, 0.4) is 0 Å². The SMILES string of the molecule is NC(=O)COc1ccc(C(=O)NCCCCCc2nc(-c3cccs3)no2)cc1. The third kappa shape index (κ3) is 6.42. The van der Waals surface area contributed by atoms with Gasteiger partial charge in [-0.1, -0.05) is 17.6 Å². The largest absolute Gasteiger partial charge is 0.484 e. The second kappa shape index (κ2) is 10.4. The van der Waals surface area contributed by atoms with Crippen molar-refractivity contribution in [2.75, 3.05) is 13.2 Å². The summed E-state index contributed by atoms with van der Waals surface area (Å²) in [6.45, 7) is 0.396. The van der Waals surface area contributed by atoms with E-state index in [1.165, 1.54) is 0 Å². The summed E-state index contributed by atoms with van der Waals surface area (Å²) in [6.07, 6.45) is 3.43. The van der Waals surface area contributed by atoms with Crippen LogP contribution in [-0.4, -0.2) is 35.1 Å². The van der Waals surface area contributed by atoms with Crippen LogP contribution in [0.15, 0.2) is 46.3 Å². The topological polar surface area (TPSA) is 120 Å². The molecule has 2 aromatic heterocycles. The number of hydrogen-bond acceptors (Lipinski definition) is 7. The number of nitrogens with one attached hydrogen (secondary N) is 1. The fourth-order valence-corrected chi connectivity index (χ4v) is 3.25. The summed E-state index contributed by atoms with van der Waals surface area (Å²) in [6, 6.07) is 10.5. The summed E-state index contributed by atoms with van der Waals surface area (Å²) in [5.41, 5.74) is 5.55. The molecule has 0 saturated heterocycles. The van der Waals surface area contributed by atoms with Crippen LogP contribution in [0.4, 0.5) is 0 Å². The van der Waals surface area contributed by atoms with Crippen molar-refractivity contribution in [3.63, 3.8) is 0 Å². The molecule has 1 aromatic carbocycles. The highest BCUT2D eigenvalue weighted by molar-refractivity contribution is 7.13. The van der Waals surface area contributed by atoms with E-state index in [1.807, 2.05) is 17.5 Å². The first-order valence-corrected chi connectivity index (χ1v) is 10.2. The van der Waals surface area contributed by atoms with E-state index in [9.17, 15) is 9.59 Å². The molecule has 3 aromatic rings. The van der Waals surface area contributed by atoms with E-state index in [4.69, 9.17) is 15.0 Å². The van der Waals surface area contributed by atoms with Crippen LogP contribution in [0.1, 0.15) is 35.5 Å². The molecule has 0 fully saturated rings. The molecule has 0 saturated carbocycles. The van der Waals surface area contributed by atoms with Crippen molar-refractivity contribution in [2.45, 2.75) is 25.7 Å². The Morgan fingerprint density at radius 1 is 1.14 bits per heavy atom. The number of nitrogens with zero attached hydrogens (tertiary/aromatic N) is 2. The summed E-state index contributed by atoms with van der Waals surface area (Å²) in [5.74, 6) is 1.06. The summed E-state index contributed by atoms with van der Waals surface area (Å²) in [5, 5.41) is 8.86. The summed E-state index contributed by atoms with van der Waals surface area (Å²) < 4.78 is 10.4. The molecular formula is C20H22N4O4S. The number of aryl methyl sites for hydroxylation is 1. The minimum atomic E-state index is -0.547. The maximum atomic E-state index is 12.1. The normalized spacial score (nSPS) is 10.6. The number of primary amides is 1. The van der Waals surface area contributed by atoms with Crippen LogP contribution < -0.4 is 15.8 Å². The van der Waals surface area contributed by atoms with Gasteiger partial charge < -0.3 is 20.3 Å². The molecule has 29 heavy (non-hydrogen) atoms. The average molecular weight is 414 g/mol. The monoisotopic (exact) mass is 414 g/mol. The van der Waals surface area contributed by atoms with Gasteiger partial charge in [-0.15, -0.1) is 11.3 Å². The Labute approximate surface area is 172 Å². The fraction of sp³-hybridized carbons (Fsp3) is 0.300. The van der Waals surface area contributed by atoms with E-state index in [0.717, 1.165) is 30.6 Å². The third-order valence-electron chi connectivity index (χ3n) is 4.06. The molecule has 0 aliphatic rings. The standard InChI is InChI=1S/C20H22N4O4S/c21-17(25)13-27-15-9-7-14(8-10-15)20(26)22-11-3-1-2-6-18-23-19(24-28-18)16-5-4-12-29-16/h4-5,7-10,12H,1-3,6,11,13H2,(H2,21,25)(H,22,26). The smallest absolute Gasteiger partial charge is 0.255 e. The Hall–Kier alpha value is -3.20. The first-order chi connectivity index (χ1) is 14.1. The summed E-state index contributed by atoms with van der Waals surface area (Å²) >= 11 is 1.58. The lowest BCUT2D eigenvalue weighted by Crippen LogP contribution is -2.24. The van der Waals surface area contributed by atoms with Crippen LogP contribution in [0.5, 0.6) is 5.75 Å². The van der Waals surface area contributed by atoms with Gasteiger partial charge in [0.25, 0.3) is 11.8 Å². The highest BCUT2D eigenvalue weighted by Crippen LogP contribution is 2.21. The quantitative estimate of drug-likeness (QED) is 0.466. The molecule has 152 valence electrons. The predicted molar refractivity (Wildman–Crippen MR) is 109 cm³/mol. The zero-order valence-corrected chi connectivity index (χ0v) is 16.6. The van der Waals surface area contributed by atoms with Crippen LogP contribution in [0, 0.1) is 0 Å². The minimum Gasteiger partial charge on any atom is -0.484 e. The maximum absolute atomic E-state index is 12.1. The maximum Gasteiger partial charge on any atom is 0.255 e. The Morgan fingerprint density at radius 3 is 2.69 bits per heavy atom. The van der Waals surface area contributed by atoms with Crippen molar-refractivity contribution >= 4 is 23.2 Å². The van der Waals surface area contributed by atoms with Crippen molar-refractivity contribution in [3.05, 3.63) is 53.2 Å². The van der Waals surface area contributed by atoms with E-state index in [2.05, 4.69) is 15.5 Å². The second-order valence-electron chi connectivity index (χ2n) is 6.33. The molecule has 0 aliphatic heterocycles. The van der Waals surface area contributed by atoms with Gasteiger partial charge in [0.2, 0.25) is 11.7 Å². The van der Waals surface area contributed by atoms with Gasteiger partial charge in [-0.2, -0.15) is 4.98 Å². The number of aromatic nitrogens is 2. The van der Waals surface area contributed by atoms with E-state index in [-0.39, 0.29) is 12.5 Å². The molecule has 3 rings (SSSR count). The molecule has 2 heterocycles. The zero-order valence-electron chi connectivity index (χ0n) is 15.8. The number of amides is 2.